The first-order valence-corrected chi connectivity index (χ1v) is 6.31. The summed E-state index contributed by atoms with van der Waals surface area (Å²) in [5.41, 5.74) is 2.04. The fraction of sp³-hybridized carbons (Fsp3) is 0.455. The minimum absolute atomic E-state index is 0.110. The van der Waals surface area contributed by atoms with Crippen LogP contribution in [-0.2, 0) is 0 Å². The van der Waals surface area contributed by atoms with Gasteiger partial charge < -0.3 is 0 Å². The molecular formula is C11H15BrN2S. The number of hydrogen-bond acceptors (Lipinski definition) is 3. The van der Waals surface area contributed by atoms with Crippen molar-refractivity contribution in [3.8, 4) is 0 Å². The van der Waals surface area contributed by atoms with Gasteiger partial charge in [-0.1, -0.05) is 12.1 Å². The van der Waals surface area contributed by atoms with Gasteiger partial charge in [0.2, 0.25) is 0 Å². The van der Waals surface area contributed by atoms with Crippen LogP contribution in [0.25, 0.3) is 0 Å². The monoisotopic (exact) mass is 286 g/mol. The lowest BCUT2D eigenvalue weighted by Crippen LogP contribution is -2.04. The summed E-state index contributed by atoms with van der Waals surface area (Å²) in [4.78, 5) is 0. The van der Waals surface area contributed by atoms with Gasteiger partial charge >= 0.3 is 0 Å². The molecule has 0 amide bonds. The lowest BCUT2D eigenvalue weighted by atomic mass is 10.2. The van der Waals surface area contributed by atoms with E-state index < -0.39 is 0 Å². The van der Waals surface area contributed by atoms with Crippen molar-refractivity contribution in [3.05, 3.63) is 28.2 Å². The van der Waals surface area contributed by atoms with E-state index >= 15 is 0 Å². The van der Waals surface area contributed by atoms with Crippen LogP contribution in [0.15, 0.2) is 32.3 Å². The Labute approximate surface area is 104 Å². The highest BCUT2D eigenvalue weighted by molar-refractivity contribution is 9.10. The summed E-state index contributed by atoms with van der Waals surface area (Å²) in [5, 5.41) is 4.23. The molecule has 0 saturated carbocycles. The lowest BCUT2D eigenvalue weighted by Gasteiger charge is -2.11. The van der Waals surface area contributed by atoms with Crippen LogP contribution >= 0.6 is 27.9 Å². The zero-order valence-corrected chi connectivity index (χ0v) is 11.8. The number of aryl methyl sites for hydroxylation is 1. The van der Waals surface area contributed by atoms with Crippen LogP contribution in [0, 0.1) is 6.92 Å². The van der Waals surface area contributed by atoms with Crippen molar-refractivity contribution >= 4 is 33.6 Å². The van der Waals surface area contributed by atoms with E-state index in [0.29, 0.717) is 0 Å². The predicted octanol–water partition coefficient (Wildman–Crippen LogP) is 5.29. The average molecular weight is 287 g/mol. The largest absolute Gasteiger partial charge is 0.142 e. The molecule has 2 nitrogen and oxygen atoms in total. The number of hydrogen-bond donors (Lipinski definition) is 0. The minimum atomic E-state index is 0.110. The van der Waals surface area contributed by atoms with Crippen molar-refractivity contribution in [2.24, 2.45) is 9.63 Å². The summed E-state index contributed by atoms with van der Waals surface area (Å²) >= 11 is 4.95. The Balaban J connectivity index is 2.81. The normalized spacial score (nSPS) is 12.3. The van der Waals surface area contributed by atoms with Crippen molar-refractivity contribution < 1.29 is 0 Å². The molecular weight excluding hydrogens is 272 g/mol. The molecule has 0 saturated heterocycles. The van der Waals surface area contributed by atoms with Crippen LogP contribution in [0.4, 0.5) is 5.69 Å². The van der Waals surface area contributed by atoms with E-state index in [1.807, 2.05) is 25.1 Å². The molecule has 0 fully saturated rings. The second-order valence-corrected chi connectivity index (χ2v) is 6.72. The Kier molecular flexibility index (Phi) is 4.34. The molecule has 0 aromatic heterocycles. The van der Waals surface area contributed by atoms with E-state index in [-0.39, 0.29) is 4.75 Å². The summed E-state index contributed by atoms with van der Waals surface area (Å²) in [6, 6.07) is 6.00. The molecule has 1 aromatic rings. The summed E-state index contributed by atoms with van der Waals surface area (Å²) in [5.74, 6) is 0. The Morgan fingerprint density at radius 1 is 1.27 bits per heavy atom. The molecule has 0 unspecified atom stereocenters. The van der Waals surface area contributed by atoms with E-state index in [4.69, 9.17) is 0 Å². The van der Waals surface area contributed by atoms with Crippen molar-refractivity contribution in [1.82, 2.24) is 0 Å². The molecule has 0 aliphatic rings. The Bertz CT molecular complexity index is 349. The first kappa shape index (κ1) is 12.7. The van der Waals surface area contributed by atoms with Gasteiger partial charge in [-0.3, -0.25) is 0 Å². The Morgan fingerprint density at radius 2 is 1.93 bits per heavy atom. The molecule has 0 atom stereocenters. The fourth-order valence-corrected chi connectivity index (χ4v) is 1.85. The quantitative estimate of drug-likeness (QED) is 0.536. The van der Waals surface area contributed by atoms with Crippen LogP contribution in [0.2, 0.25) is 0 Å². The fourth-order valence-electron chi connectivity index (χ4n) is 0.934. The number of benzene rings is 1. The maximum Gasteiger partial charge on any atom is 0.103 e. The summed E-state index contributed by atoms with van der Waals surface area (Å²) in [7, 11) is 0. The number of halogens is 1. The molecule has 0 aliphatic carbocycles. The standard InChI is InChI=1S/C11H15BrN2S/c1-8-6-5-7-9(12)10(8)13-14-15-11(2,3)4/h5-7H,1-4H3. The third-order valence-electron chi connectivity index (χ3n) is 1.64. The van der Waals surface area contributed by atoms with Crippen LogP contribution in [-0.4, -0.2) is 4.75 Å². The molecule has 0 bridgehead atoms. The van der Waals surface area contributed by atoms with Crippen LogP contribution < -0.4 is 0 Å². The SMILES string of the molecule is Cc1cccc(Br)c1N=NSC(C)(C)C. The molecule has 0 N–H and O–H groups in total. The van der Waals surface area contributed by atoms with Gasteiger partial charge in [-0.2, -0.15) is 0 Å². The molecule has 1 rings (SSSR count). The second kappa shape index (κ2) is 5.12. The van der Waals surface area contributed by atoms with E-state index in [1.54, 1.807) is 0 Å². The first-order chi connectivity index (χ1) is 6.90. The van der Waals surface area contributed by atoms with E-state index in [0.717, 1.165) is 15.7 Å². The smallest absolute Gasteiger partial charge is 0.103 e. The van der Waals surface area contributed by atoms with Crippen molar-refractivity contribution in [2.75, 3.05) is 0 Å². The number of nitrogens with zero attached hydrogens (tertiary/aromatic N) is 2. The summed E-state index contributed by atoms with van der Waals surface area (Å²) in [6.07, 6.45) is 0. The Hall–Kier alpha value is -0.350. The van der Waals surface area contributed by atoms with Gasteiger partial charge in [-0.15, -0.1) is 9.63 Å². The topological polar surface area (TPSA) is 24.7 Å². The van der Waals surface area contributed by atoms with Gasteiger partial charge in [-0.25, -0.2) is 0 Å². The van der Waals surface area contributed by atoms with E-state index in [1.165, 1.54) is 11.9 Å². The highest BCUT2D eigenvalue weighted by atomic mass is 79.9. The van der Waals surface area contributed by atoms with E-state index in [9.17, 15) is 0 Å². The lowest BCUT2D eigenvalue weighted by molar-refractivity contribution is 0.802. The third kappa shape index (κ3) is 4.34. The molecule has 0 aliphatic heterocycles. The van der Waals surface area contributed by atoms with Crippen molar-refractivity contribution in [2.45, 2.75) is 32.4 Å². The van der Waals surface area contributed by atoms with Gasteiger partial charge in [0, 0.05) is 21.2 Å². The predicted molar refractivity (Wildman–Crippen MR) is 70.7 cm³/mol. The van der Waals surface area contributed by atoms with Crippen LogP contribution in [0.1, 0.15) is 26.3 Å². The van der Waals surface area contributed by atoms with Gasteiger partial charge in [0.25, 0.3) is 0 Å². The molecule has 82 valence electrons. The molecule has 15 heavy (non-hydrogen) atoms. The highest BCUT2D eigenvalue weighted by Gasteiger charge is 2.10. The molecule has 4 heteroatoms. The maximum atomic E-state index is 4.23. The maximum absolute atomic E-state index is 4.23. The van der Waals surface area contributed by atoms with Crippen LogP contribution in [0.5, 0.6) is 0 Å². The second-order valence-electron chi connectivity index (χ2n) is 4.29. The molecule has 0 heterocycles. The molecule has 0 spiro atoms. The number of rotatable bonds is 2. The average Bonchev–Trinajstić information content (AvgIpc) is 2.08. The minimum Gasteiger partial charge on any atom is -0.142 e. The molecule has 1 aromatic carbocycles. The van der Waals surface area contributed by atoms with E-state index in [2.05, 4.69) is 46.3 Å². The summed E-state index contributed by atoms with van der Waals surface area (Å²) in [6.45, 7) is 8.37. The zero-order chi connectivity index (χ0) is 11.5. The summed E-state index contributed by atoms with van der Waals surface area (Å²) < 4.78 is 5.24. The van der Waals surface area contributed by atoms with Gasteiger partial charge in [0.1, 0.15) is 5.69 Å². The van der Waals surface area contributed by atoms with Crippen LogP contribution in [0.3, 0.4) is 0 Å². The third-order valence-corrected chi connectivity index (χ3v) is 2.99. The van der Waals surface area contributed by atoms with Crippen molar-refractivity contribution in [1.29, 1.82) is 0 Å². The first-order valence-electron chi connectivity index (χ1n) is 4.74. The molecule has 0 radical (unpaired) electrons. The zero-order valence-electron chi connectivity index (χ0n) is 9.41. The van der Waals surface area contributed by atoms with Crippen molar-refractivity contribution in [3.63, 3.8) is 0 Å². The Morgan fingerprint density at radius 3 is 2.47 bits per heavy atom. The van der Waals surface area contributed by atoms with Gasteiger partial charge in [0.15, 0.2) is 0 Å². The highest BCUT2D eigenvalue weighted by Crippen LogP contribution is 2.32. The van der Waals surface area contributed by atoms with Gasteiger partial charge in [0.05, 0.1) is 0 Å². The van der Waals surface area contributed by atoms with Gasteiger partial charge in [-0.05, 0) is 55.3 Å².